The average Bonchev–Trinajstić information content (AvgIpc) is 0.966. The first-order valence-corrected chi connectivity index (χ1v) is 23.0. The van der Waals surface area contributed by atoms with Crippen LogP contribution in [0.4, 0.5) is 0 Å². The molecule has 0 fully saturated rings. The fourth-order valence-electron chi connectivity index (χ4n) is 8.93. The molecule has 0 aliphatic carbocycles. The molecule has 0 aliphatic heterocycles. The van der Waals surface area contributed by atoms with Gasteiger partial charge >= 0.3 is 0 Å². The van der Waals surface area contributed by atoms with Crippen LogP contribution < -0.4 is 20.7 Å². The minimum absolute atomic E-state index is 0.00122. The van der Waals surface area contributed by atoms with Crippen molar-refractivity contribution in [1.82, 2.24) is 24.1 Å². The number of nitrogens with zero attached hydrogens (tertiary/aromatic N) is 5. The molecule has 10 aromatic carbocycles. The van der Waals surface area contributed by atoms with Crippen LogP contribution in [0.2, 0.25) is 0 Å². The van der Waals surface area contributed by atoms with E-state index in [1.54, 1.807) is 18.2 Å². The fourth-order valence-corrected chi connectivity index (χ4v) is 12.5. The zero-order valence-corrected chi connectivity index (χ0v) is 36.3. The number of para-hydroxylation sites is 5. The largest absolute Gasteiger partial charge is 0.455 e. The molecule has 0 amide bonds. The van der Waals surface area contributed by atoms with Gasteiger partial charge in [0.05, 0.1) is 78.4 Å². The number of hydrogen-bond donors (Lipinski definition) is 0. The van der Waals surface area contributed by atoms with Crippen LogP contribution in [0.5, 0.6) is 0 Å². The van der Waals surface area contributed by atoms with Gasteiger partial charge in [-0.25, -0.2) is 4.98 Å². The van der Waals surface area contributed by atoms with Gasteiger partial charge in [-0.3, -0.25) is 4.57 Å². The van der Waals surface area contributed by atoms with Crippen molar-refractivity contribution in [1.29, 1.82) is 0 Å². The summed E-state index contributed by atoms with van der Waals surface area (Å²) >= 11 is 0. The molecule has 6 nitrogen and oxygen atoms in total. The molecular weight excluding hydrogens is 871 g/mol. The molecule has 0 N–H and O–H groups in total. The van der Waals surface area contributed by atoms with Crippen molar-refractivity contribution < 1.29 is 49.7 Å². The molecule has 0 atom stereocenters. The van der Waals surface area contributed by atoms with Crippen LogP contribution in [-0.4, -0.2) is 32.2 Å². The SMILES string of the molecule is [2H]c1c([2H])c([2H])c([Si](c2c([2H])c([2H])c([2H])c([2H])c2[2H])(c2c([2H])c([2H])c([2H])c([2H])c2[2H])c2c([2H])c([2H])c([2H])c(-c3nc(-c4ccccc4-n4c5c([2H])c([2H])c([2H])c([2H])c5c5c([2H])c([2H])c([2H])c([2H])c54)nc(-n4c5c([2H])c([2H])c([2H])c([2H])c5c5c6oc7ccccc7c6c([2H])c([2H])c54)n3)c2[2H])c([2H])c1[2H]. The zero-order chi connectivity index (χ0) is 74.9. The third-order valence-electron chi connectivity index (χ3n) is 11.8. The van der Waals surface area contributed by atoms with Crippen molar-refractivity contribution in [3.05, 3.63) is 248 Å². The van der Waals surface area contributed by atoms with Crippen LogP contribution in [0.15, 0.2) is 252 Å². The molecule has 14 aromatic rings. The summed E-state index contributed by atoms with van der Waals surface area (Å²) in [5.41, 5.74) is -3.73. The van der Waals surface area contributed by atoms with Crippen molar-refractivity contribution >= 4 is 94.4 Å². The van der Waals surface area contributed by atoms with E-state index in [0.29, 0.717) is 5.39 Å². The van der Waals surface area contributed by atoms with Gasteiger partial charge in [0.25, 0.3) is 0 Å². The Labute approximate surface area is 450 Å². The number of fused-ring (bicyclic) bond motifs is 10. The maximum Gasteiger partial charge on any atom is 0.238 e. The van der Waals surface area contributed by atoms with Crippen molar-refractivity contribution in [2.45, 2.75) is 0 Å². The Morgan fingerprint density at radius 3 is 1.61 bits per heavy atom. The lowest BCUT2D eigenvalue weighted by molar-refractivity contribution is 0.673. The summed E-state index contributed by atoms with van der Waals surface area (Å²) in [7, 11) is -6.58. The molecule has 0 spiro atoms. The molecule has 0 radical (unpaired) electrons. The topological polar surface area (TPSA) is 61.7 Å². The summed E-state index contributed by atoms with van der Waals surface area (Å²) in [4.78, 5) is 14.5. The van der Waals surface area contributed by atoms with Gasteiger partial charge in [-0.2, -0.15) is 9.97 Å². The smallest absolute Gasteiger partial charge is 0.238 e. The van der Waals surface area contributed by atoms with E-state index in [4.69, 9.17) is 39.9 Å². The van der Waals surface area contributed by atoms with Crippen LogP contribution in [0, 0.1) is 0 Å². The van der Waals surface area contributed by atoms with Crippen LogP contribution in [0.3, 0.4) is 0 Å². The number of hydrogen-bond acceptors (Lipinski definition) is 4. The first kappa shape index (κ1) is 19.1. The molecule has 0 aliphatic rings. The highest BCUT2D eigenvalue weighted by Gasteiger charge is 2.41. The lowest BCUT2D eigenvalue weighted by Crippen LogP contribution is -2.74. The lowest BCUT2D eigenvalue weighted by atomic mass is 10.1. The first-order valence-electron chi connectivity index (χ1n) is 37.5. The predicted molar refractivity (Wildman–Crippen MR) is 290 cm³/mol. The Morgan fingerprint density at radius 2 is 0.943 bits per heavy atom. The monoisotopic (exact) mass is 945 g/mol. The van der Waals surface area contributed by atoms with Crippen LogP contribution in [-0.2, 0) is 0 Å². The molecule has 0 bridgehead atoms. The summed E-state index contributed by atoms with van der Waals surface area (Å²) in [6.45, 7) is 0. The van der Waals surface area contributed by atoms with Gasteiger partial charge in [-0.15, -0.1) is 0 Å². The molecule has 7 heteroatoms. The highest BCUT2D eigenvalue weighted by Crippen LogP contribution is 2.41. The molecule has 0 saturated carbocycles. The Bertz CT molecular complexity index is 6000. The molecule has 14 rings (SSSR count). The minimum atomic E-state index is -6.58. The second-order valence-electron chi connectivity index (χ2n) is 15.4. The summed E-state index contributed by atoms with van der Waals surface area (Å²) in [6, 6.07) is -23.4. The van der Waals surface area contributed by atoms with E-state index in [-0.39, 0.29) is 38.6 Å². The zero-order valence-electron chi connectivity index (χ0n) is 68.3. The quantitative estimate of drug-likeness (QED) is 0.112. The van der Waals surface area contributed by atoms with Crippen molar-refractivity contribution in [3.63, 3.8) is 0 Å². The number of benzene rings is 10. The minimum Gasteiger partial charge on any atom is -0.455 e. The van der Waals surface area contributed by atoms with Crippen LogP contribution in [0.25, 0.3) is 100.0 Å². The van der Waals surface area contributed by atoms with Gasteiger partial charge in [0.1, 0.15) is 11.2 Å². The summed E-state index contributed by atoms with van der Waals surface area (Å²) < 4.78 is 318. The van der Waals surface area contributed by atoms with Gasteiger partial charge in [-0.05, 0) is 69.2 Å². The van der Waals surface area contributed by atoms with E-state index in [0.717, 1.165) is 9.13 Å². The Morgan fingerprint density at radius 1 is 0.400 bits per heavy atom. The lowest BCUT2D eigenvalue weighted by Gasteiger charge is -2.34. The molecular formula is C63H41N5OSi. The standard InChI is InChI=1S/C63H41N5OSi/c1-4-22-43(23-5-1)70(44-24-6-2-7-25-44,45-26-8-3-9-27-45)46-28-20-21-42(41-46)61-64-62(52-33-13-18-37-56(52)67-53-34-15-10-29-47(53)48-30-11-16-35-54(48)67)66-63(65-61)68-55-36-17-12-32-51(55)59-57(68)40-39-50-49-31-14-19-38-58(49)69-60(50)59/h1-41H/i1D,2D,3D,4D,5D,6D,7D,8D,9D,10D,11D,12D,15D,16D,17D,20D,21D,22D,23D,24D,25D,26D,27D,28D,29D,30D,32D,34D,35D,36D,39D,40D,41D. The second kappa shape index (κ2) is 16.0. The Hall–Kier alpha value is -9.17. The highest BCUT2D eigenvalue weighted by atomic mass is 28.3. The third-order valence-corrected chi connectivity index (χ3v) is 15.8. The highest BCUT2D eigenvalue weighted by molar-refractivity contribution is 7.19. The molecule has 70 heavy (non-hydrogen) atoms. The maximum atomic E-state index is 10.8. The van der Waals surface area contributed by atoms with Gasteiger partial charge in [0, 0.05) is 38.1 Å². The van der Waals surface area contributed by atoms with Gasteiger partial charge in [0.15, 0.2) is 19.7 Å². The predicted octanol–water partition coefficient (Wildman–Crippen LogP) is 12.7. The van der Waals surface area contributed by atoms with Crippen molar-refractivity contribution in [2.24, 2.45) is 0 Å². The average molecular weight is 945 g/mol. The fraction of sp³-hybridized carbons (Fsp3) is 0. The molecule has 0 unspecified atom stereocenters. The van der Waals surface area contributed by atoms with E-state index in [1.165, 1.54) is 30.3 Å². The van der Waals surface area contributed by atoms with Gasteiger partial charge in [-0.1, -0.05) is 200 Å². The van der Waals surface area contributed by atoms with Crippen LogP contribution >= 0.6 is 0 Å². The second-order valence-corrected chi connectivity index (χ2v) is 18.9. The summed E-state index contributed by atoms with van der Waals surface area (Å²) in [5.74, 6) is -2.69. The van der Waals surface area contributed by atoms with E-state index in [9.17, 15) is 24.7 Å². The van der Waals surface area contributed by atoms with Gasteiger partial charge < -0.3 is 8.98 Å². The van der Waals surface area contributed by atoms with E-state index >= 15 is 0 Å². The van der Waals surface area contributed by atoms with E-state index < -0.39 is 284 Å². The van der Waals surface area contributed by atoms with Crippen LogP contribution in [0.1, 0.15) is 45.2 Å². The first-order chi connectivity index (χ1) is 48.4. The maximum absolute atomic E-state index is 10.8. The molecule has 328 valence electrons. The van der Waals surface area contributed by atoms with E-state index in [1.807, 2.05) is 0 Å². The number of furan rings is 1. The molecule has 0 saturated heterocycles. The van der Waals surface area contributed by atoms with Crippen molar-refractivity contribution in [3.8, 4) is 34.4 Å². The summed E-state index contributed by atoms with van der Waals surface area (Å²) in [6.07, 6.45) is 0. The Kier molecular flexibility index (Phi) is 4.35. The van der Waals surface area contributed by atoms with Crippen molar-refractivity contribution in [2.75, 3.05) is 0 Å². The van der Waals surface area contributed by atoms with E-state index in [2.05, 4.69) is 0 Å². The molecule has 4 heterocycles. The molecule has 4 aromatic heterocycles. The van der Waals surface area contributed by atoms with Gasteiger partial charge in [0.2, 0.25) is 5.95 Å². The Balaban J connectivity index is 1.25. The summed E-state index contributed by atoms with van der Waals surface area (Å²) in [5, 5.41) is -5.96. The number of aromatic nitrogens is 5. The number of rotatable bonds is 8. The normalized spacial score (nSPS) is 18.6. The third kappa shape index (κ3) is 6.02.